The highest BCUT2D eigenvalue weighted by molar-refractivity contribution is 6.05. The molecule has 0 bridgehead atoms. The van der Waals surface area contributed by atoms with E-state index in [-0.39, 0.29) is 29.1 Å². The summed E-state index contributed by atoms with van der Waals surface area (Å²) in [5, 5.41) is 35.6. The van der Waals surface area contributed by atoms with Crippen LogP contribution < -0.4 is 20.9 Å². The van der Waals surface area contributed by atoms with E-state index < -0.39 is 35.2 Å². The van der Waals surface area contributed by atoms with Gasteiger partial charge in [-0.2, -0.15) is 5.11 Å². The first kappa shape index (κ1) is 46.6. The third-order valence-electron chi connectivity index (χ3n) is 10.4. The molecule has 0 spiro atoms. The topological polar surface area (TPSA) is 205 Å². The number of carboxylic acids is 2. The highest BCUT2D eigenvalue weighted by atomic mass is 16.5. The number of nitrogens with one attached hydrogen (secondary N) is 3. The van der Waals surface area contributed by atoms with Gasteiger partial charge in [0.2, 0.25) is 5.91 Å². The smallest absolute Gasteiger partial charge is 0.335 e. The number of ether oxygens (including phenoxy) is 1. The Hall–Kier alpha value is -6.05. The Balaban J connectivity index is 1.25. The lowest BCUT2D eigenvalue weighted by Gasteiger charge is -2.13. The van der Waals surface area contributed by atoms with E-state index in [9.17, 15) is 34.2 Å². The van der Waals surface area contributed by atoms with Crippen LogP contribution in [0.1, 0.15) is 143 Å². The number of anilines is 2. The van der Waals surface area contributed by atoms with Crippen LogP contribution in [0, 0.1) is 5.92 Å². The fourth-order valence-corrected chi connectivity index (χ4v) is 6.88. The van der Waals surface area contributed by atoms with Crippen molar-refractivity contribution in [2.24, 2.45) is 16.1 Å². The summed E-state index contributed by atoms with van der Waals surface area (Å²) in [6, 6.07) is 18.2. The number of carbonyl (C=O) groups excluding carboxylic acids is 2. The van der Waals surface area contributed by atoms with E-state index in [1.807, 2.05) is 0 Å². The number of unbranched alkanes of at least 4 members (excludes halogenated alkanes) is 15. The summed E-state index contributed by atoms with van der Waals surface area (Å²) < 4.78 is 6.27. The maximum absolute atomic E-state index is 13.5. The molecule has 0 aliphatic carbocycles. The van der Waals surface area contributed by atoms with E-state index in [1.165, 1.54) is 133 Å². The van der Waals surface area contributed by atoms with Crippen molar-refractivity contribution in [1.29, 1.82) is 0 Å². The molecule has 5 N–H and O–H groups in total. The number of aromatic carboxylic acids is 1. The molecular formula is C46H60N6O8. The predicted molar refractivity (Wildman–Crippen MR) is 233 cm³/mol. The summed E-state index contributed by atoms with van der Waals surface area (Å²) in [6.45, 7) is 2.25. The highest BCUT2D eigenvalue weighted by Crippen LogP contribution is 2.26. The fraction of sp³-hybridized carbons (Fsp3) is 0.457. The van der Waals surface area contributed by atoms with Gasteiger partial charge in [0.15, 0.2) is 11.5 Å². The SMILES string of the molecule is CCCCCCCCCCCCCCCCCCC(CC(=O)Nc1ccc(C(=O)Nc2[nH]n(-c3ccc(C(=O)O)cc3)c(=O)c2N=Nc2ccc(OC)cc2)cc1)C(=O)O. The molecule has 1 aromatic heterocycles. The Morgan fingerprint density at radius 2 is 1.22 bits per heavy atom. The normalized spacial score (nSPS) is 11.7. The van der Waals surface area contributed by atoms with Gasteiger partial charge in [0.1, 0.15) is 5.75 Å². The quantitative estimate of drug-likeness (QED) is 0.0274. The summed E-state index contributed by atoms with van der Waals surface area (Å²) in [4.78, 5) is 63.1. The minimum absolute atomic E-state index is 0.0261. The maximum Gasteiger partial charge on any atom is 0.335 e. The van der Waals surface area contributed by atoms with Crippen LogP contribution in [0.25, 0.3) is 5.69 Å². The first-order valence-corrected chi connectivity index (χ1v) is 21.3. The number of nitrogens with zero attached hydrogens (tertiary/aromatic N) is 3. The van der Waals surface area contributed by atoms with Crippen LogP contribution >= 0.6 is 0 Å². The van der Waals surface area contributed by atoms with E-state index in [2.05, 4.69) is 32.9 Å². The summed E-state index contributed by atoms with van der Waals surface area (Å²) in [7, 11) is 1.53. The number of aromatic nitrogens is 2. The average Bonchev–Trinajstić information content (AvgIpc) is 3.55. The molecule has 1 heterocycles. The van der Waals surface area contributed by atoms with Gasteiger partial charge in [0.05, 0.1) is 30.0 Å². The van der Waals surface area contributed by atoms with Crippen molar-refractivity contribution in [2.75, 3.05) is 17.7 Å². The van der Waals surface area contributed by atoms with E-state index in [1.54, 1.807) is 24.3 Å². The molecule has 2 amide bonds. The zero-order valence-corrected chi connectivity index (χ0v) is 34.9. The Morgan fingerprint density at radius 1 is 0.683 bits per heavy atom. The van der Waals surface area contributed by atoms with Gasteiger partial charge < -0.3 is 25.6 Å². The number of methoxy groups -OCH3 is 1. The molecule has 0 radical (unpaired) electrons. The standard InChI is InChI=1S/C46H60N6O8/c1-3-4-5-6-7-8-9-10-11-12-13-14-15-16-17-18-19-35(46(58)59)32-40(53)47-36-24-20-33(21-25-36)43(54)48-42-41(50-49-37-26-30-39(60-2)31-27-37)44(55)52(51-42)38-28-22-34(23-29-38)45(56)57/h20-31,35,51H,3-19,32H2,1-2H3,(H,47,53)(H,48,54)(H,56,57)(H,58,59). The van der Waals surface area contributed by atoms with E-state index in [0.29, 0.717) is 29.2 Å². The number of hydrogen-bond acceptors (Lipinski definition) is 8. The molecule has 322 valence electrons. The average molecular weight is 825 g/mol. The monoisotopic (exact) mass is 824 g/mol. The molecular weight excluding hydrogens is 765 g/mol. The van der Waals surface area contributed by atoms with Gasteiger partial charge in [-0.25, -0.2) is 9.48 Å². The van der Waals surface area contributed by atoms with Crippen LogP contribution in [0.2, 0.25) is 0 Å². The lowest BCUT2D eigenvalue weighted by Crippen LogP contribution is -2.22. The van der Waals surface area contributed by atoms with Gasteiger partial charge in [0.25, 0.3) is 5.91 Å². The Morgan fingerprint density at radius 3 is 1.73 bits per heavy atom. The number of H-pyrrole nitrogens is 1. The fourth-order valence-electron chi connectivity index (χ4n) is 6.88. The number of aliphatic carboxylic acids is 1. The van der Waals surface area contributed by atoms with Crippen molar-refractivity contribution in [3.8, 4) is 11.4 Å². The Kier molecular flexibility index (Phi) is 19.8. The third-order valence-corrected chi connectivity index (χ3v) is 10.4. The summed E-state index contributed by atoms with van der Waals surface area (Å²) in [5.74, 6) is -3.41. The van der Waals surface area contributed by atoms with Crippen LogP contribution in [0.15, 0.2) is 87.8 Å². The first-order chi connectivity index (χ1) is 29.1. The molecule has 3 aromatic carbocycles. The second-order valence-electron chi connectivity index (χ2n) is 15.1. The van der Waals surface area contributed by atoms with Crippen molar-refractivity contribution in [3.63, 3.8) is 0 Å². The van der Waals surface area contributed by atoms with E-state index >= 15 is 0 Å². The number of carboxylic acid groups (broad SMARTS) is 2. The lowest BCUT2D eigenvalue weighted by molar-refractivity contribution is -0.143. The zero-order chi connectivity index (χ0) is 43.1. The third kappa shape index (κ3) is 15.6. The van der Waals surface area contributed by atoms with Gasteiger partial charge in [-0.15, -0.1) is 5.11 Å². The lowest BCUT2D eigenvalue weighted by atomic mass is 9.96. The highest BCUT2D eigenvalue weighted by Gasteiger charge is 2.22. The second-order valence-corrected chi connectivity index (χ2v) is 15.1. The predicted octanol–water partition coefficient (Wildman–Crippen LogP) is 11.2. The van der Waals surface area contributed by atoms with Crippen molar-refractivity contribution in [1.82, 2.24) is 9.78 Å². The molecule has 60 heavy (non-hydrogen) atoms. The van der Waals surface area contributed by atoms with Crippen molar-refractivity contribution in [3.05, 3.63) is 94.3 Å². The van der Waals surface area contributed by atoms with Gasteiger partial charge in [-0.1, -0.05) is 110 Å². The number of azo groups is 1. The summed E-state index contributed by atoms with van der Waals surface area (Å²) in [6.07, 6.45) is 20.1. The Bertz CT molecular complexity index is 2040. The van der Waals surface area contributed by atoms with E-state index in [4.69, 9.17) is 4.74 Å². The van der Waals surface area contributed by atoms with Crippen LogP contribution in [0.3, 0.4) is 0 Å². The van der Waals surface area contributed by atoms with Crippen LogP contribution in [0.4, 0.5) is 22.9 Å². The second kappa shape index (κ2) is 25.4. The number of aromatic amines is 1. The number of amides is 2. The minimum atomic E-state index is -1.13. The number of hydrogen-bond donors (Lipinski definition) is 5. The number of benzene rings is 3. The van der Waals surface area contributed by atoms with Gasteiger partial charge in [-0.05, 0) is 79.2 Å². The molecule has 4 rings (SSSR count). The molecule has 1 atom stereocenters. The number of rotatable bonds is 28. The Labute approximate surface area is 351 Å². The molecule has 0 aliphatic rings. The maximum atomic E-state index is 13.5. The molecule has 1 unspecified atom stereocenters. The molecule has 0 fully saturated rings. The molecule has 0 saturated carbocycles. The van der Waals surface area contributed by atoms with Crippen molar-refractivity contribution in [2.45, 2.75) is 122 Å². The molecule has 0 aliphatic heterocycles. The van der Waals surface area contributed by atoms with Gasteiger partial charge in [0, 0.05) is 17.7 Å². The minimum Gasteiger partial charge on any atom is -0.497 e. The molecule has 4 aromatic rings. The number of carbonyl (C=O) groups is 4. The van der Waals surface area contributed by atoms with Gasteiger partial charge >= 0.3 is 17.5 Å². The summed E-state index contributed by atoms with van der Waals surface area (Å²) >= 11 is 0. The van der Waals surface area contributed by atoms with Crippen LogP contribution in [-0.4, -0.2) is 50.9 Å². The zero-order valence-electron chi connectivity index (χ0n) is 34.9. The first-order valence-electron chi connectivity index (χ1n) is 21.3. The largest absolute Gasteiger partial charge is 0.497 e. The van der Waals surface area contributed by atoms with E-state index in [0.717, 1.165) is 30.4 Å². The molecule has 0 saturated heterocycles. The van der Waals surface area contributed by atoms with Crippen LogP contribution in [0.5, 0.6) is 5.75 Å². The van der Waals surface area contributed by atoms with Gasteiger partial charge in [-0.3, -0.25) is 24.3 Å². The van der Waals surface area contributed by atoms with Crippen LogP contribution in [-0.2, 0) is 9.59 Å². The summed E-state index contributed by atoms with van der Waals surface area (Å²) in [5.41, 5.74) is 0.452. The van der Waals surface area contributed by atoms with Crippen molar-refractivity contribution >= 4 is 46.6 Å². The molecule has 14 heteroatoms. The van der Waals surface area contributed by atoms with Crippen molar-refractivity contribution < 1.29 is 34.1 Å². The molecule has 14 nitrogen and oxygen atoms in total.